The zero-order valence-corrected chi connectivity index (χ0v) is 12.6. The second-order valence-corrected chi connectivity index (χ2v) is 5.78. The second kappa shape index (κ2) is 6.56. The van der Waals surface area contributed by atoms with Crippen molar-refractivity contribution in [2.75, 3.05) is 26.8 Å². The van der Waals surface area contributed by atoms with Crippen molar-refractivity contribution >= 4 is 5.96 Å². The molecule has 0 saturated carbocycles. The number of alkyl halides is 3. The zero-order chi connectivity index (χ0) is 16.2. The number of benzene rings is 1. The Balaban J connectivity index is 1.82. The molecule has 1 aliphatic rings. The van der Waals surface area contributed by atoms with Crippen LogP contribution in [-0.2, 0) is 17.5 Å². The first-order valence-corrected chi connectivity index (χ1v) is 7.01. The summed E-state index contributed by atoms with van der Waals surface area (Å²) in [6.07, 6.45) is -4.30. The lowest BCUT2D eigenvalue weighted by atomic mass is 9.89. The van der Waals surface area contributed by atoms with E-state index in [2.05, 4.69) is 22.5 Å². The Morgan fingerprint density at radius 2 is 1.86 bits per heavy atom. The van der Waals surface area contributed by atoms with Crippen molar-refractivity contribution in [2.45, 2.75) is 19.6 Å². The third-order valence-electron chi connectivity index (χ3n) is 3.55. The van der Waals surface area contributed by atoms with Crippen molar-refractivity contribution in [3.63, 3.8) is 0 Å². The third-order valence-corrected chi connectivity index (χ3v) is 3.55. The SMILES string of the molecule is CN=C(NCc1ccc(C(F)(F)F)cc1)NCC1(C)COC1. The van der Waals surface area contributed by atoms with Gasteiger partial charge in [-0.05, 0) is 17.7 Å². The number of rotatable bonds is 4. The van der Waals surface area contributed by atoms with E-state index in [1.807, 2.05) is 0 Å². The molecule has 0 aromatic heterocycles. The molecule has 1 aromatic rings. The lowest BCUT2D eigenvalue weighted by molar-refractivity contribution is -0.137. The quantitative estimate of drug-likeness (QED) is 0.662. The molecule has 7 heteroatoms. The van der Waals surface area contributed by atoms with E-state index >= 15 is 0 Å². The number of hydrogen-bond acceptors (Lipinski definition) is 2. The van der Waals surface area contributed by atoms with Gasteiger partial charge in [0.1, 0.15) is 0 Å². The maximum atomic E-state index is 12.5. The van der Waals surface area contributed by atoms with Crippen molar-refractivity contribution in [1.29, 1.82) is 0 Å². The van der Waals surface area contributed by atoms with Gasteiger partial charge in [0.15, 0.2) is 5.96 Å². The van der Waals surface area contributed by atoms with Crippen LogP contribution in [0.4, 0.5) is 13.2 Å². The van der Waals surface area contributed by atoms with E-state index in [1.54, 1.807) is 7.05 Å². The van der Waals surface area contributed by atoms with Crippen LogP contribution in [0.1, 0.15) is 18.1 Å². The van der Waals surface area contributed by atoms with Gasteiger partial charge in [0.05, 0.1) is 18.8 Å². The molecule has 1 aliphatic heterocycles. The summed E-state index contributed by atoms with van der Waals surface area (Å²) in [5, 5.41) is 6.28. The van der Waals surface area contributed by atoms with Crippen LogP contribution >= 0.6 is 0 Å². The van der Waals surface area contributed by atoms with E-state index in [4.69, 9.17) is 4.74 Å². The molecule has 0 bridgehead atoms. The Morgan fingerprint density at radius 3 is 2.32 bits per heavy atom. The molecule has 0 aliphatic carbocycles. The molecule has 0 unspecified atom stereocenters. The Hall–Kier alpha value is -1.76. The molecule has 1 saturated heterocycles. The molecule has 122 valence electrons. The van der Waals surface area contributed by atoms with Crippen molar-refractivity contribution in [3.05, 3.63) is 35.4 Å². The van der Waals surface area contributed by atoms with Crippen molar-refractivity contribution in [1.82, 2.24) is 10.6 Å². The van der Waals surface area contributed by atoms with Crippen LogP contribution in [0.5, 0.6) is 0 Å². The fraction of sp³-hybridized carbons (Fsp3) is 0.533. The summed E-state index contributed by atoms with van der Waals surface area (Å²) in [5.41, 5.74) is 0.234. The molecule has 2 rings (SSSR count). The molecule has 0 atom stereocenters. The van der Waals surface area contributed by atoms with Crippen LogP contribution in [-0.4, -0.2) is 32.8 Å². The lowest BCUT2D eigenvalue weighted by Crippen LogP contribution is -2.50. The van der Waals surface area contributed by atoms with Gasteiger partial charge in [0, 0.05) is 25.6 Å². The number of nitrogens with one attached hydrogen (secondary N) is 2. The van der Waals surface area contributed by atoms with Crippen LogP contribution < -0.4 is 10.6 Å². The Kier molecular flexibility index (Phi) is 4.95. The predicted octanol–water partition coefficient (Wildman–Crippen LogP) is 2.41. The van der Waals surface area contributed by atoms with E-state index in [9.17, 15) is 13.2 Å². The Morgan fingerprint density at radius 1 is 1.23 bits per heavy atom. The van der Waals surface area contributed by atoms with Crippen LogP contribution in [0.3, 0.4) is 0 Å². The van der Waals surface area contributed by atoms with E-state index in [-0.39, 0.29) is 5.41 Å². The highest BCUT2D eigenvalue weighted by Gasteiger charge is 2.33. The highest BCUT2D eigenvalue weighted by molar-refractivity contribution is 5.79. The fourth-order valence-electron chi connectivity index (χ4n) is 2.07. The van der Waals surface area contributed by atoms with Crippen LogP contribution in [0.25, 0.3) is 0 Å². The minimum atomic E-state index is -4.30. The summed E-state index contributed by atoms with van der Waals surface area (Å²) >= 11 is 0. The number of nitrogens with zero attached hydrogens (tertiary/aromatic N) is 1. The topological polar surface area (TPSA) is 45.7 Å². The molecule has 1 heterocycles. The molecular weight excluding hydrogens is 295 g/mol. The van der Waals surface area contributed by atoms with Gasteiger partial charge in [-0.1, -0.05) is 19.1 Å². The summed E-state index contributed by atoms with van der Waals surface area (Å²) in [6.45, 7) is 4.70. The highest BCUT2D eigenvalue weighted by atomic mass is 19.4. The van der Waals surface area contributed by atoms with Gasteiger partial charge in [0.25, 0.3) is 0 Å². The van der Waals surface area contributed by atoms with Gasteiger partial charge in [-0.25, -0.2) is 0 Å². The third kappa shape index (κ3) is 4.37. The monoisotopic (exact) mass is 315 g/mol. The molecule has 1 fully saturated rings. The molecule has 0 amide bonds. The van der Waals surface area contributed by atoms with E-state index in [1.165, 1.54) is 12.1 Å². The normalized spacial score (nSPS) is 17.8. The average molecular weight is 315 g/mol. The van der Waals surface area contributed by atoms with Crippen LogP contribution in [0.2, 0.25) is 0 Å². The minimum Gasteiger partial charge on any atom is -0.380 e. The molecule has 0 spiro atoms. The summed E-state index contributed by atoms with van der Waals surface area (Å²) in [7, 11) is 1.65. The smallest absolute Gasteiger partial charge is 0.380 e. The summed E-state index contributed by atoms with van der Waals surface area (Å²) in [5.74, 6) is 0.619. The maximum absolute atomic E-state index is 12.5. The maximum Gasteiger partial charge on any atom is 0.416 e. The molecule has 4 nitrogen and oxygen atoms in total. The van der Waals surface area contributed by atoms with Crippen LogP contribution in [0.15, 0.2) is 29.3 Å². The number of aliphatic imine (C=N–C) groups is 1. The van der Waals surface area contributed by atoms with Gasteiger partial charge >= 0.3 is 6.18 Å². The second-order valence-electron chi connectivity index (χ2n) is 5.78. The van der Waals surface area contributed by atoms with Gasteiger partial charge in [-0.15, -0.1) is 0 Å². The van der Waals surface area contributed by atoms with E-state index < -0.39 is 11.7 Å². The number of halogens is 3. The van der Waals surface area contributed by atoms with Gasteiger partial charge in [-0.2, -0.15) is 13.2 Å². The fourth-order valence-corrected chi connectivity index (χ4v) is 2.07. The largest absolute Gasteiger partial charge is 0.416 e. The van der Waals surface area contributed by atoms with E-state index in [0.29, 0.717) is 12.5 Å². The first kappa shape index (κ1) is 16.6. The first-order chi connectivity index (χ1) is 10.3. The molecule has 22 heavy (non-hydrogen) atoms. The number of guanidine groups is 1. The molecule has 2 N–H and O–H groups in total. The molecule has 0 radical (unpaired) electrons. The summed E-state index contributed by atoms with van der Waals surface area (Å²) < 4.78 is 42.6. The van der Waals surface area contributed by atoms with E-state index in [0.717, 1.165) is 37.5 Å². The van der Waals surface area contributed by atoms with Crippen molar-refractivity contribution < 1.29 is 17.9 Å². The van der Waals surface area contributed by atoms with Crippen molar-refractivity contribution in [3.8, 4) is 0 Å². The summed E-state index contributed by atoms with van der Waals surface area (Å²) in [4.78, 5) is 4.09. The zero-order valence-electron chi connectivity index (χ0n) is 12.6. The predicted molar refractivity (Wildman–Crippen MR) is 78.6 cm³/mol. The summed E-state index contributed by atoms with van der Waals surface area (Å²) in [6, 6.07) is 5.09. The standard InChI is InChI=1S/C15H20F3N3O/c1-14(9-22-10-14)8-21-13(19-2)20-7-11-3-5-12(6-4-11)15(16,17)18/h3-6H,7-10H2,1-2H3,(H2,19,20,21). The average Bonchev–Trinajstić information content (AvgIpc) is 2.45. The number of ether oxygens (including phenoxy) is 1. The number of hydrogen-bond donors (Lipinski definition) is 2. The minimum absolute atomic E-state index is 0.117. The Labute approximate surface area is 127 Å². The van der Waals surface area contributed by atoms with Gasteiger partial charge in [-0.3, -0.25) is 4.99 Å². The van der Waals surface area contributed by atoms with Crippen molar-refractivity contribution in [2.24, 2.45) is 10.4 Å². The first-order valence-electron chi connectivity index (χ1n) is 7.01. The molecular formula is C15H20F3N3O. The van der Waals surface area contributed by atoms with Gasteiger partial charge in [0.2, 0.25) is 0 Å². The highest BCUT2D eigenvalue weighted by Crippen LogP contribution is 2.29. The molecule has 1 aromatic carbocycles. The van der Waals surface area contributed by atoms with Crippen LogP contribution in [0, 0.1) is 5.41 Å². The Bertz CT molecular complexity index is 522. The lowest BCUT2D eigenvalue weighted by Gasteiger charge is -2.38. The van der Waals surface area contributed by atoms with Gasteiger partial charge < -0.3 is 15.4 Å².